The molecule has 0 saturated carbocycles. The van der Waals surface area contributed by atoms with E-state index in [0.29, 0.717) is 45.0 Å². The van der Waals surface area contributed by atoms with E-state index in [9.17, 15) is 23.1 Å². The molecule has 0 radical (unpaired) electrons. The quantitative estimate of drug-likeness (QED) is 0.435. The number of hydrogen-bond donors (Lipinski definition) is 3. The largest absolute Gasteiger partial charge is 0.478 e. The molecule has 3 N–H and O–H groups in total. The molecule has 1 fully saturated rings. The standard InChI is InChI=1S/C22H28N4O6S/c1-32-14-9-23-21(27)16-25-10-12-26(13-11-25)20-8-7-17(22(28)29)15-19(20)24-33(30,31)18-5-3-2-4-6-18/h2-8,15,24H,9-14,16H2,1H3,(H,23,27)(H,28,29). The molecule has 2 aromatic carbocycles. The number of piperazine rings is 1. The van der Waals surface area contributed by atoms with Crippen LogP contribution < -0.4 is 14.9 Å². The third kappa shape index (κ3) is 6.67. The van der Waals surface area contributed by atoms with E-state index < -0.39 is 16.0 Å². The van der Waals surface area contributed by atoms with Gasteiger partial charge in [-0.2, -0.15) is 0 Å². The Morgan fingerprint density at radius 3 is 2.39 bits per heavy atom. The summed E-state index contributed by atoms with van der Waals surface area (Å²) in [4.78, 5) is 27.6. The van der Waals surface area contributed by atoms with E-state index in [1.165, 1.54) is 24.3 Å². The van der Waals surface area contributed by atoms with Gasteiger partial charge >= 0.3 is 5.97 Å². The lowest BCUT2D eigenvalue weighted by Gasteiger charge is -2.36. The number of sulfonamides is 1. The molecule has 10 nitrogen and oxygen atoms in total. The molecule has 1 saturated heterocycles. The number of hydrogen-bond acceptors (Lipinski definition) is 7. The maximum atomic E-state index is 12.9. The van der Waals surface area contributed by atoms with E-state index in [4.69, 9.17) is 4.74 Å². The predicted molar refractivity (Wildman–Crippen MR) is 124 cm³/mol. The van der Waals surface area contributed by atoms with E-state index in [2.05, 4.69) is 10.0 Å². The molecule has 2 aromatic rings. The number of amides is 1. The zero-order chi connectivity index (χ0) is 23.8. The maximum Gasteiger partial charge on any atom is 0.335 e. The summed E-state index contributed by atoms with van der Waals surface area (Å²) in [5.41, 5.74) is 0.768. The first-order valence-electron chi connectivity index (χ1n) is 10.5. The molecular formula is C22H28N4O6S. The zero-order valence-electron chi connectivity index (χ0n) is 18.4. The van der Waals surface area contributed by atoms with Crippen LogP contribution in [0.4, 0.5) is 11.4 Å². The van der Waals surface area contributed by atoms with Gasteiger partial charge in [0, 0.05) is 39.8 Å². The number of carbonyl (C=O) groups is 2. The van der Waals surface area contributed by atoms with Crippen molar-refractivity contribution in [1.82, 2.24) is 10.2 Å². The predicted octanol–water partition coefficient (Wildman–Crippen LogP) is 1.07. The lowest BCUT2D eigenvalue weighted by molar-refractivity contribution is -0.122. The first kappa shape index (κ1) is 24.5. The van der Waals surface area contributed by atoms with Crippen LogP contribution in [0.15, 0.2) is 53.4 Å². The Morgan fingerprint density at radius 2 is 1.76 bits per heavy atom. The van der Waals surface area contributed by atoms with Crippen molar-refractivity contribution in [2.75, 3.05) is 62.6 Å². The molecule has 1 aliphatic heterocycles. The van der Waals surface area contributed by atoms with Gasteiger partial charge in [-0.05, 0) is 30.3 Å². The summed E-state index contributed by atoms with van der Waals surface area (Å²) in [7, 11) is -2.33. The van der Waals surface area contributed by atoms with Crippen LogP contribution in [0.1, 0.15) is 10.4 Å². The normalized spacial score (nSPS) is 14.6. The van der Waals surface area contributed by atoms with Gasteiger partial charge in [0.25, 0.3) is 10.0 Å². The topological polar surface area (TPSA) is 128 Å². The number of ether oxygens (including phenoxy) is 1. The van der Waals surface area contributed by atoms with Crippen molar-refractivity contribution < 1.29 is 27.9 Å². The zero-order valence-corrected chi connectivity index (χ0v) is 19.2. The van der Waals surface area contributed by atoms with Gasteiger partial charge in [0.05, 0.1) is 35.0 Å². The minimum Gasteiger partial charge on any atom is -0.478 e. The molecule has 0 aromatic heterocycles. The summed E-state index contributed by atoms with van der Waals surface area (Å²) in [6.07, 6.45) is 0. The third-order valence-electron chi connectivity index (χ3n) is 5.25. The lowest BCUT2D eigenvalue weighted by Crippen LogP contribution is -2.49. The van der Waals surface area contributed by atoms with Crippen LogP contribution in [0.3, 0.4) is 0 Å². The Kier molecular flexibility index (Phi) is 8.26. The molecule has 178 valence electrons. The van der Waals surface area contributed by atoms with E-state index >= 15 is 0 Å². The molecule has 33 heavy (non-hydrogen) atoms. The van der Waals surface area contributed by atoms with Crippen molar-refractivity contribution in [2.24, 2.45) is 0 Å². The van der Waals surface area contributed by atoms with E-state index in [-0.39, 0.29) is 28.6 Å². The van der Waals surface area contributed by atoms with Gasteiger partial charge in [-0.15, -0.1) is 0 Å². The Labute approximate surface area is 193 Å². The molecule has 0 bridgehead atoms. The van der Waals surface area contributed by atoms with Gasteiger partial charge in [0.15, 0.2) is 0 Å². The van der Waals surface area contributed by atoms with Crippen molar-refractivity contribution in [3.8, 4) is 0 Å². The second kappa shape index (κ2) is 11.1. The summed E-state index contributed by atoms with van der Waals surface area (Å²) in [6, 6.07) is 12.3. The summed E-state index contributed by atoms with van der Waals surface area (Å²) in [5.74, 6) is -1.23. The van der Waals surface area contributed by atoms with E-state index in [0.717, 1.165) is 0 Å². The number of nitrogens with one attached hydrogen (secondary N) is 2. The number of nitrogens with zero attached hydrogens (tertiary/aromatic N) is 2. The van der Waals surface area contributed by atoms with Crippen molar-refractivity contribution in [3.05, 3.63) is 54.1 Å². The fourth-order valence-corrected chi connectivity index (χ4v) is 4.61. The average Bonchev–Trinajstić information content (AvgIpc) is 2.80. The van der Waals surface area contributed by atoms with Gasteiger partial charge in [-0.3, -0.25) is 14.4 Å². The van der Waals surface area contributed by atoms with Crippen LogP contribution in [-0.4, -0.2) is 83.3 Å². The number of anilines is 2. The minimum atomic E-state index is -3.90. The summed E-state index contributed by atoms with van der Waals surface area (Å²) >= 11 is 0. The first-order valence-corrected chi connectivity index (χ1v) is 12.0. The molecule has 1 aliphatic rings. The molecular weight excluding hydrogens is 448 g/mol. The van der Waals surface area contributed by atoms with Crippen molar-refractivity contribution in [1.29, 1.82) is 0 Å². The molecule has 0 spiro atoms. The van der Waals surface area contributed by atoms with Crippen LogP contribution in [-0.2, 0) is 19.6 Å². The number of carboxylic acids is 1. The molecule has 0 atom stereocenters. The van der Waals surface area contributed by atoms with E-state index in [1.807, 2.05) is 9.80 Å². The molecule has 3 rings (SSSR count). The van der Waals surface area contributed by atoms with Crippen molar-refractivity contribution in [2.45, 2.75) is 4.90 Å². The Morgan fingerprint density at radius 1 is 1.06 bits per heavy atom. The van der Waals surface area contributed by atoms with Gasteiger partial charge in [0.2, 0.25) is 5.91 Å². The average molecular weight is 477 g/mol. The van der Waals surface area contributed by atoms with Crippen molar-refractivity contribution in [3.63, 3.8) is 0 Å². The fraction of sp³-hybridized carbons (Fsp3) is 0.364. The fourth-order valence-electron chi connectivity index (χ4n) is 3.53. The highest BCUT2D eigenvalue weighted by Crippen LogP contribution is 2.30. The van der Waals surface area contributed by atoms with Crippen LogP contribution in [0.2, 0.25) is 0 Å². The number of rotatable bonds is 10. The third-order valence-corrected chi connectivity index (χ3v) is 6.63. The maximum absolute atomic E-state index is 12.9. The minimum absolute atomic E-state index is 0.0177. The highest BCUT2D eigenvalue weighted by Gasteiger charge is 2.24. The van der Waals surface area contributed by atoms with E-state index in [1.54, 1.807) is 31.4 Å². The van der Waals surface area contributed by atoms with Crippen LogP contribution in [0.25, 0.3) is 0 Å². The van der Waals surface area contributed by atoms with Crippen LogP contribution >= 0.6 is 0 Å². The second-order valence-corrected chi connectivity index (χ2v) is 9.24. The van der Waals surface area contributed by atoms with Crippen LogP contribution in [0, 0.1) is 0 Å². The highest BCUT2D eigenvalue weighted by atomic mass is 32.2. The summed E-state index contributed by atoms with van der Waals surface area (Å²) in [5, 5.41) is 12.2. The van der Waals surface area contributed by atoms with Gasteiger partial charge in [-0.1, -0.05) is 18.2 Å². The monoisotopic (exact) mass is 476 g/mol. The molecule has 0 aliphatic carbocycles. The smallest absolute Gasteiger partial charge is 0.335 e. The summed E-state index contributed by atoms with van der Waals surface area (Å²) in [6.45, 7) is 3.48. The molecule has 1 amide bonds. The number of methoxy groups -OCH3 is 1. The lowest BCUT2D eigenvalue weighted by atomic mass is 10.1. The first-order chi connectivity index (χ1) is 15.8. The van der Waals surface area contributed by atoms with Crippen LogP contribution in [0.5, 0.6) is 0 Å². The number of aromatic carboxylic acids is 1. The van der Waals surface area contributed by atoms with Gasteiger partial charge in [0.1, 0.15) is 0 Å². The number of benzene rings is 2. The highest BCUT2D eigenvalue weighted by molar-refractivity contribution is 7.92. The number of carbonyl (C=O) groups excluding carboxylic acids is 1. The van der Waals surface area contributed by atoms with Crippen molar-refractivity contribution >= 4 is 33.3 Å². The molecule has 11 heteroatoms. The molecule has 0 unspecified atom stereocenters. The summed E-state index contributed by atoms with van der Waals surface area (Å²) < 4.78 is 33.2. The van der Waals surface area contributed by atoms with Gasteiger partial charge < -0.3 is 20.1 Å². The SMILES string of the molecule is COCCNC(=O)CN1CCN(c2ccc(C(=O)O)cc2NS(=O)(=O)c2ccccc2)CC1. The number of carboxylic acid groups (broad SMARTS) is 1. The Hall–Kier alpha value is -3.15. The second-order valence-electron chi connectivity index (χ2n) is 7.56. The Bertz CT molecular complexity index is 1070. The Balaban J connectivity index is 1.73. The molecule has 1 heterocycles. The van der Waals surface area contributed by atoms with Gasteiger partial charge in [-0.25, -0.2) is 13.2 Å².